The van der Waals surface area contributed by atoms with Crippen LogP contribution >= 0.6 is 0 Å². The highest BCUT2D eigenvalue weighted by molar-refractivity contribution is 5.96. The van der Waals surface area contributed by atoms with Crippen LogP contribution in [0, 0.1) is 5.41 Å². The molecule has 1 aromatic rings. The van der Waals surface area contributed by atoms with Crippen molar-refractivity contribution in [1.82, 2.24) is 5.32 Å². The number of aryl methyl sites for hydroxylation is 1. The second kappa shape index (κ2) is 5.53. The van der Waals surface area contributed by atoms with Crippen molar-refractivity contribution in [2.45, 2.75) is 33.1 Å². The molecule has 2 rings (SSSR count). The predicted molar refractivity (Wildman–Crippen MR) is 74.7 cm³/mol. The molecular weight excluding hydrogens is 224 g/mol. The van der Waals surface area contributed by atoms with E-state index >= 15 is 0 Å². The molecule has 18 heavy (non-hydrogen) atoms. The number of hydrogen-bond acceptors (Lipinski definition) is 2. The Kier molecular flexibility index (Phi) is 4.02. The van der Waals surface area contributed by atoms with Crippen LogP contribution in [0.3, 0.4) is 0 Å². The van der Waals surface area contributed by atoms with Crippen LogP contribution in [-0.2, 0) is 11.2 Å². The molecule has 1 aromatic carbocycles. The zero-order chi connectivity index (χ0) is 13.0. The van der Waals surface area contributed by atoms with Crippen LogP contribution < -0.4 is 10.6 Å². The van der Waals surface area contributed by atoms with Gasteiger partial charge in [-0.25, -0.2) is 0 Å². The topological polar surface area (TPSA) is 41.1 Å². The molecule has 1 atom stereocenters. The van der Waals surface area contributed by atoms with Crippen molar-refractivity contribution in [3.05, 3.63) is 29.8 Å². The average Bonchev–Trinajstić information content (AvgIpc) is 2.80. The Morgan fingerprint density at radius 3 is 2.89 bits per heavy atom. The summed E-state index contributed by atoms with van der Waals surface area (Å²) in [7, 11) is 0. The van der Waals surface area contributed by atoms with E-state index < -0.39 is 0 Å². The van der Waals surface area contributed by atoms with Crippen LogP contribution in [0.4, 0.5) is 5.69 Å². The third kappa shape index (κ3) is 2.72. The Morgan fingerprint density at radius 1 is 1.44 bits per heavy atom. The second-order valence-electron chi connectivity index (χ2n) is 5.35. The number of benzene rings is 1. The fraction of sp³-hybridized carbons (Fsp3) is 0.533. The van der Waals surface area contributed by atoms with Crippen molar-refractivity contribution in [2.75, 3.05) is 18.4 Å². The lowest BCUT2D eigenvalue weighted by Gasteiger charge is -2.22. The SMILES string of the molecule is CCCc1ccccc1NC(=O)C1(C)CCNC1. The average molecular weight is 246 g/mol. The molecule has 3 nitrogen and oxygen atoms in total. The number of carbonyl (C=O) groups is 1. The van der Waals surface area contributed by atoms with Crippen molar-refractivity contribution < 1.29 is 4.79 Å². The van der Waals surface area contributed by atoms with E-state index in [1.165, 1.54) is 5.56 Å². The molecule has 98 valence electrons. The van der Waals surface area contributed by atoms with Crippen molar-refractivity contribution in [1.29, 1.82) is 0 Å². The summed E-state index contributed by atoms with van der Waals surface area (Å²) >= 11 is 0. The summed E-state index contributed by atoms with van der Waals surface area (Å²) < 4.78 is 0. The molecule has 1 heterocycles. The first-order valence-corrected chi connectivity index (χ1v) is 6.76. The zero-order valence-corrected chi connectivity index (χ0v) is 11.3. The number of rotatable bonds is 4. The molecular formula is C15H22N2O. The number of para-hydroxylation sites is 1. The molecule has 1 fully saturated rings. The summed E-state index contributed by atoms with van der Waals surface area (Å²) in [4.78, 5) is 12.3. The molecule has 1 unspecified atom stereocenters. The van der Waals surface area contributed by atoms with E-state index in [1.54, 1.807) is 0 Å². The van der Waals surface area contributed by atoms with Crippen LogP contribution in [0.1, 0.15) is 32.3 Å². The minimum Gasteiger partial charge on any atom is -0.325 e. The first kappa shape index (κ1) is 13.1. The van der Waals surface area contributed by atoms with E-state index in [0.717, 1.165) is 38.0 Å². The molecule has 3 heteroatoms. The molecule has 0 saturated carbocycles. The van der Waals surface area contributed by atoms with Crippen LogP contribution in [0.15, 0.2) is 24.3 Å². The first-order valence-electron chi connectivity index (χ1n) is 6.76. The van der Waals surface area contributed by atoms with Crippen LogP contribution in [0.25, 0.3) is 0 Å². The summed E-state index contributed by atoms with van der Waals surface area (Å²) in [5.74, 6) is 0.135. The number of carbonyl (C=O) groups excluding carboxylic acids is 1. The maximum absolute atomic E-state index is 12.3. The van der Waals surface area contributed by atoms with Gasteiger partial charge >= 0.3 is 0 Å². The van der Waals surface area contributed by atoms with Gasteiger partial charge in [0.1, 0.15) is 0 Å². The molecule has 0 radical (unpaired) electrons. The number of nitrogens with one attached hydrogen (secondary N) is 2. The van der Waals surface area contributed by atoms with E-state index in [-0.39, 0.29) is 11.3 Å². The van der Waals surface area contributed by atoms with Gasteiger partial charge < -0.3 is 10.6 Å². The maximum atomic E-state index is 12.3. The standard InChI is InChI=1S/C15H22N2O/c1-3-6-12-7-4-5-8-13(12)17-14(18)15(2)9-10-16-11-15/h4-5,7-8,16H,3,6,9-11H2,1-2H3,(H,17,18). The Balaban J connectivity index is 2.11. The molecule has 1 amide bonds. The smallest absolute Gasteiger partial charge is 0.231 e. The Bertz CT molecular complexity index is 422. The van der Waals surface area contributed by atoms with Gasteiger partial charge in [-0.15, -0.1) is 0 Å². The fourth-order valence-electron chi connectivity index (χ4n) is 2.41. The lowest BCUT2D eigenvalue weighted by molar-refractivity contribution is -0.123. The molecule has 1 aliphatic rings. The Labute approximate surface area is 109 Å². The van der Waals surface area contributed by atoms with Crippen LogP contribution in [0.5, 0.6) is 0 Å². The fourth-order valence-corrected chi connectivity index (χ4v) is 2.41. The zero-order valence-electron chi connectivity index (χ0n) is 11.3. The summed E-state index contributed by atoms with van der Waals surface area (Å²) in [5, 5.41) is 6.36. The molecule has 0 aromatic heterocycles. The van der Waals surface area contributed by atoms with E-state index in [4.69, 9.17) is 0 Å². The van der Waals surface area contributed by atoms with Crippen LogP contribution in [-0.4, -0.2) is 19.0 Å². The quantitative estimate of drug-likeness (QED) is 0.857. The van der Waals surface area contributed by atoms with Gasteiger partial charge in [0, 0.05) is 12.2 Å². The predicted octanol–water partition coefficient (Wildman–Crippen LogP) is 2.58. The third-order valence-corrected chi connectivity index (χ3v) is 3.70. The largest absolute Gasteiger partial charge is 0.325 e. The van der Waals surface area contributed by atoms with E-state index in [1.807, 2.05) is 25.1 Å². The van der Waals surface area contributed by atoms with Crippen molar-refractivity contribution >= 4 is 11.6 Å². The summed E-state index contributed by atoms with van der Waals surface area (Å²) in [6.07, 6.45) is 3.01. The third-order valence-electron chi connectivity index (χ3n) is 3.70. The number of anilines is 1. The van der Waals surface area contributed by atoms with Crippen molar-refractivity contribution in [3.8, 4) is 0 Å². The summed E-state index contributed by atoms with van der Waals surface area (Å²) in [6, 6.07) is 8.09. The van der Waals surface area contributed by atoms with Gasteiger partial charge in [0.25, 0.3) is 0 Å². The number of hydrogen-bond donors (Lipinski definition) is 2. The van der Waals surface area contributed by atoms with Gasteiger partial charge in [-0.05, 0) is 37.9 Å². The monoisotopic (exact) mass is 246 g/mol. The van der Waals surface area contributed by atoms with Gasteiger partial charge in [0.2, 0.25) is 5.91 Å². The van der Waals surface area contributed by atoms with E-state index in [2.05, 4.69) is 23.6 Å². The van der Waals surface area contributed by atoms with Crippen molar-refractivity contribution in [3.63, 3.8) is 0 Å². The van der Waals surface area contributed by atoms with Gasteiger partial charge in [0.05, 0.1) is 5.41 Å². The summed E-state index contributed by atoms with van der Waals surface area (Å²) in [5.41, 5.74) is 1.93. The lowest BCUT2D eigenvalue weighted by atomic mass is 9.88. The molecule has 0 spiro atoms. The van der Waals surface area contributed by atoms with Gasteiger partial charge in [0.15, 0.2) is 0 Å². The normalized spacial score (nSPS) is 23.0. The van der Waals surface area contributed by atoms with Crippen LogP contribution in [0.2, 0.25) is 0 Å². The summed E-state index contributed by atoms with van der Waals surface area (Å²) in [6.45, 7) is 5.89. The minimum atomic E-state index is -0.265. The highest BCUT2D eigenvalue weighted by atomic mass is 16.2. The minimum absolute atomic E-state index is 0.135. The van der Waals surface area contributed by atoms with Crippen molar-refractivity contribution in [2.24, 2.45) is 5.41 Å². The highest BCUT2D eigenvalue weighted by Crippen LogP contribution is 2.27. The van der Waals surface area contributed by atoms with Gasteiger partial charge in [-0.1, -0.05) is 31.5 Å². The molecule has 2 N–H and O–H groups in total. The first-order chi connectivity index (χ1) is 8.65. The van der Waals surface area contributed by atoms with E-state index in [9.17, 15) is 4.79 Å². The molecule has 0 bridgehead atoms. The van der Waals surface area contributed by atoms with Gasteiger partial charge in [-0.2, -0.15) is 0 Å². The molecule has 0 aliphatic carbocycles. The molecule has 1 saturated heterocycles. The lowest BCUT2D eigenvalue weighted by Crippen LogP contribution is -2.35. The second-order valence-corrected chi connectivity index (χ2v) is 5.35. The van der Waals surface area contributed by atoms with Gasteiger partial charge in [-0.3, -0.25) is 4.79 Å². The maximum Gasteiger partial charge on any atom is 0.231 e. The Hall–Kier alpha value is -1.35. The highest BCUT2D eigenvalue weighted by Gasteiger charge is 2.36. The molecule has 1 aliphatic heterocycles. The van der Waals surface area contributed by atoms with E-state index in [0.29, 0.717) is 0 Å². The number of amides is 1. The Morgan fingerprint density at radius 2 is 2.22 bits per heavy atom.